The van der Waals surface area contributed by atoms with Crippen LogP contribution in [0.3, 0.4) is 0 Å². The van der Waals surface area contributed by atoms with E-state index in [2.05, 4.69) is 77.9 Å². The van der Waals surface area contributed by atoms with E-state index in [0.717, 1.165) is 50.6 Å². The zero-order valence-corrected chi connectivity index (χ0v) is 20.9. The first-order valence-electron chi connectivity index (χ1n) is 10.4. The van der Waals surface area contributed by atoms with Crippen LogP contribution in [0.15, 0.2) is 51.1 Å². The average molecular weight is 438 g/mol. The third-order valence-electron chi connectivity index (χ3n) is 5.62. The van der Waals surface area contributed by atoms with E-state index >= 15 is 0 Å². The summed E-state index contributed by atoms with van der Waals surface area (Å²) in [5, 5.41) is 0. The zero-order chi connectivity index (χ0) is 22.9. The highest BCUT2D eigenvalue weighted by Gasteiger charge is 2.32. The molecule has 3 aromatic rings. The molecule has 0 saturated carbocycles. The van der Waals surface area contributed by atoms with Crippen LogP contribution in [0.25, 0.3) is 0 Å². The van der Waals surface area contributed by atoms with Gasteiger partial charge in [-0.25, -0.2) is 0 Å². The molecular weight excluding hydrogens is 404 g/mol. The molecule has 4 heteroatoms. The number of aryl methyl sites for hydroxylation is 6. The quantitative estimate of drug-likeness (QED) is 0.404. The van der Waals surface area contributed by atoms with Crippen LogP contribution in [-0.4, -0.2) is 21.3 Å². The third kappa shape index (κ3) is 4.40. The van der Waals surface area contributed by atoms with E-state index in [4.69, 9.17) is 14.2 Å². The van der Waals surface area contributed by atoms with Gasteiger partial charge < -0.3 is 14.2 Å². The Morgan fingerprint density at radius 1 is 0.419 bits per heavy atom. The lowest BCUT2D eigenvalue weighted by molar-refractivity contribution is 0.408. The summed E-state index contributed by atoms with van der Waals surface area (Å²) in [5.41, 5.74) is 6.91. The van der Waals surface area contributed by atoms with Crippen molar-refractivity contribution in [3.8, 4) is 17.2 Å². The monoisotopic (exact) mass is 437 g/mol. The minimum Gasteiger partial charge on any atom is -0.496 e. The Hall–Kier alpha value is -2.59. The Morgan fingerprint density at radius 3 is 0.774 bits per heavy atom. The molecule has 3 aromatic carbocycles. The molecule has 3 nitrogen and oxygen atoms in total. The van der Waals surface area contributed by atoms with Gasteiger partial charge in [0.2, 0.25) is 0 Å². The summed E-state index contributed by atoms with van der Waals surface area (Å²) in [6, 6.07) is 13.6. The Labute approximate surface area is 189 Å². The zero-order valence-electron chi connectivity index (χ0n) is 20.1. The molecule has 0 bridgehead atoms. The van der Waals surface area contributed by atoms with Gasteiger partial charge in [-0.15, -0.1) is 0 Å². The third-order valence-corrected chi connectivity index (χ3v) is 7.74. The molecule has 3 rings (SSSR count). The Bertz CT molecular complexity index is 907. The number of hydrogen-bond acceptors (Lipinski definition) is 3. The fraction of sp³-hybridized carbons (Fsp3) is 0.333. The summed E-state index contributed by atoms with van der Waals surface area (Å²) in [4.78, 5) is 3.84. The van der Waals surface area contributed by atoms with Crippen molar-refractivity contribution < 1.29 is 14.2 Å². The summed E-state index contributed by atoms with van der Waals surface area (Å²) in [6.07, 6.45) is 0. The normalized spacial score (nSPS) is 11.0. The van der Waals surface area contributed by atoms with Crippen LogP contribution in [0.1, 0.15) is 33.4 Å². The van der Waals surface area contributed by atoms with Crippen molar-refractivity contribution in [2.24, 2.45) is 0 Å². The average Bonchev–Trinajstić information content (AvgIpc) is 2.67. The molecule has 0 amide bonds. The van der Waals surface area contributed by atoms with Crippen molar-refractivity contribution in [1.29, 1.82) is 0 Å². The van der Waals surface area contributed by atoms with Crippen LogP contribution in [0.5, 0.6) is 17.2 Å². The molecule has 0 aliphatic rings. The van der Waals surface area contributed by atoms with E-state index in [9.17, 15) is 0 Å². The molecule has 0 fully saturated rings. The summed E-state index contributed by atoms with van der Waals surface area (Å²) < 4.78 is 16.9. The van der Waals surface area contributed by atoms with Gasteiger partial charge in [-0.2, -0.15) is 0 Å². The van der Waals surface area contributed by atoms with Crippen molar-refractivity contribution in [1.82, 2.24) is 0 Å². The van der Waals surface area contributed by atoms with Crippen LogP contribution in [-0.2, 0) is 10.9 Å². The highest BCUT2D eigenvalue weighted by molar-refractivity contribution is 7.97. The van der Waals surface area contributed by atoms with Crippen molar-refractivity contribution in [3.05, 3.63) is 69.8 Å². The highest BCUT2D eigenvalue weighted by atomic mass is 32.2. The van der Waals surface area contributed by atoms with Crippen LogP contribution >= 0.6 is 0 Å². The second kappa shape index (κ2) is 9.27. The fourth-order valence-electron chi connectivity index (χ4n) is 4.46. The van der Waals surface area contributed by atoms with Crippen LogP contribution in [0.4, 0.5) is 0 Å². The number of ether oxygens (including phenoxy) is 3. The van der Waals surface area contributed by atoms with E-state index in [1.54, 1.807) is 21.3 Å². The smallest absolute Gasteiger partial charge is 0.167 e. The van der Waals surface area contributed by atoms with E-state index < -0.39 is 0 Å². The number of hydrogen-bond donors (Lipinski definition) is 0. The lowest BCUT2D eigenvalue weighted by Gasteiger charge is -2.16. The standard InChI is InChI=1S/C27H33O3S/c1-16-10-22(11-17(2)25(16)28-7)31(23-12-18(3)26(29-8)19(4)13-23)24-14-20(5)27(30-9)21(6)15-24/h10-15H,1-9H3/q+1. The molecule has 0 N–H and O–H groups in total. The molecule has 0 aliphatic heterocycles. The first-order chi connectivity index (χ1) is 14.7. The van der Waals surface area contributed by atoms with Gasteiger partial charge in [0.05, 0.1) is 32.2 Å². The minimum atomic E-state index is -0.274. The summed E-state index contributed by atoms with van der Waals surface area (Å²) in [7, 11) is 4.94. The molecule has 0 radical (unpaired) electrons. The van der Waals surface area contributed by atoms with Crippen molar-refractivity contribution >= 4 is 10.9 Å². The topological polar surface area (TPSA) is 27.7 Å². The second-order valence-electron chi connectivity index (χ2n) is 8.08. The van der Waals surface area contributed by atoms with E-state index in [1.165, 1.54) is 14.7 Å². The van der Waals surface area contributed by atoms with E-state index in [0.29, 0.717) is 0 Å². The van der Waals surface area contributed by atoms with Gasteiger partial charge in [0, 0.05) is 36.4 Å². The molecule has 0 aromatic heterocycles. The van der Waals surface area contributed by atoms with Gasteiger partial charge in [-0.05, 0) is 74.9 Å². The van der Waals surface area contributed by atoms with E-state index in [1.807, 2.05) is 0 Å². The maximum absolute atomic E-state index is 5.63. The number of rotatable bonds is 6. The molecule has 0 atom stereocenters. The Morgan fingerprint density at radius 2 is 0.613 bits per heavy atom. The predicted octanol–water partition coefficient (Wildman–Crippen LogP) is 6.66. The molecule has 0 saturated heterocycles. The lowest BCUT2D eigenvalue weighted by atomic mass is 10.1. The molecule has 0 unspecified atom stereocenters. The minimum absolute atomic E-state index is 0.274. The van der Waals surface area contributed by atoms with Crippen LogP contribution in [0.2, 0.25) is 0 Å². The van der Waals surface area contributed by atoms with Crippen molar-refractivity contribution in [2.45, 2.75) is 56.2 Å². The molecule has 164 valence electrons. The first kappa shape index (κ1) is 23.1. The van der Waals surface area contributed by atoms with Crippen molar-refractivity contribution in [2.75, 3.05) is 21.3 Å². The van der Waals surface area contributed by atoms with Gasteiger partial charge in [0.15, 0.2) is 14.7 Å². The second-order valence-corrected chi connectivity index (χ2v) is 10.1. The summed E-state index contributed by atoms with van der Waals surface area (Å²) in [5.74, 6) is 2.87. The molecule has 31 heavy (non-hydrogen) atoms. The molecule has 0 spiro atoms. The SMILES string of the molecule is COc1c(C)cc([S+](c2cc(C)c(OC)c(C)c2)c2cc(C)c(OC)c(C)c2)cc1C. The first-order valence-corrected chi connectivity index (χ1v) is 11.6. The van der Waals surface area contributed by atoms with Crippen molar-refractivity contribution in [3.63, 3.8) is 0 Å². The Kier molecular flexibility index (Phi) is 6.90. The van der Waals surface area contributed by atoms with E-state index in [-0.39, 0.29) is 10.9 Å². The maximum atomic E-state index is 5.63. The number of methoxy groups -OCH3 is 3. The fourth-order valence-corrected chi connectivity index (χ4v) is 7.04. The van der Waals surface area contributed by atoms with Gasteiger partial charge in [-0.3, -0.25) is 0 Å². The van der Waals surface area contributed by atoms with Gasteiger partial charge in [-0.1, -0.05) is 0 Å². The Balaban J connectivity index is 2.31. The number of benzene rings is 3. The highest BCUT2D eigenvalue weighted by Crippen LogP contribution is 2.40. The summed E-state index contributed by atoms with van der Waals surface area (Å²) >= 11 is 0. The van der Waals surface area contributed by atoms with Gasteiger partial charge in [0.1, 0.15) is 17.2 Å². The predicted molar refractivity (Wildman–Crippen MR) is 130 cm³/mol. The summed E-state index contributed by atoms with van der Waals surface area (Å²) in [6.45, 7) is 12.7. The largest absolute Gasteiger partial charge is 0.496 e. The van der Waals surface area contributed by atoms with Crippen LogP contribution in [0, 0.1) is 41.5 Å². The molecule has 0 aliphatic carbocycles. The van der Waals surface area contributed by atoms with Gasteiger partial charge >= 0.3 is 0 Å². The van der Waals surface area contributed by atoms with Crippen LogP contribution < -0.4 is 14.2 Å². The maximum Gasteiger partial charge on any atom is 0.167 e. The molecule has 0 heterocycles. The lowest BCUT2D eigenvalue weighted by Crippen LogP contribution is -2.09. The molecular formula is C27H33O3S+. The van der Waals surface area contributed by atoms with Gasteiger partial charge in [0.25, 0.3) is 0 Å².